The second kappa shape index (κ2) is 10.1. The van der Waals surface area contributed by atoms with E-state index in [2.05, 4.69) is 10.2 Å². The Balaban J connectivity index is 1.22. The quantitative estimate of drug-likeness (QED) is 0.669. The Hall–Kier alpha value is -2.94. The van der Waals surface area contributed by atoms with E-state index in [1.807, 2.05) is 45.0 Å². The number of aryl methyl sites for hydroxylation is 1. The highest BCUT2D eigenvalue weighted by molar-refractivity contribution is 5.78. The fourth-order valence-corrected chi connectivity index (χ4v) is 4.23. The molecule has 0 atom stereocenters. The maximum absolute atomic E-state index is 12.9. The summed E-state index contributed by atoms with van der Waals surface area (Å²) in [6.07, 6.45) is 2.44. The van der Waals surface area contributed by atoms with E-state index < -0.39 is 5.60 Å². The number of fused-ring (bicyclic) bond motifs is 1. The molecule has 1 saturated heterocycles. The molecule has 1 aromatic carbocycles. The van der Waals surface area contributed by atoms with Gasteiger partial charge in [-0.15, -0.1) is 0 Å². The number of hydrogen-bond donors (Lipinski definition) is 1. The minimum atomic E-state index is -0.492. The molecule has 34 heavy (non-hydrogen) atoms. The van der Waals surface area contributed by atoms with Crippen LogP contribution in [0.5, 0.6) is 0 Å². The number of carbonyl (C=O) groups excluding carboxylic acids is 2. The minimum Gasteiger partial charge on any atom is -0.444 e. The number of rotatable bonds is 7. The third kappa shape index (κ3) is 6.14. The fraction of sp³-hybridized carbons (Fsp3) is 0.600. The molecule has 9 nitrogen and oxygen atoms in total. The molecule has 2 fully saturated rings. The molecule has 2 amide bonds. The van der Waals surface area contributed by atoms with Crippen molar-refractivity contribution in [2.45, 2.75) is 58.1 Å². The lowest BCUT2D eigenvalue weighted by molar-refractivity contribution is -0.121. The van der Waals surface area contributed by atoms with E-state index in [9.17, 15) is 14.4 Å². The highest BCUT2D eigenvalue weighted by atomic mass is 16.6. The maximum atomic E-state index is 12.9. The topological polar surface area (TPSA) is 96.8 Å². The summed E-state index contributed by atoms with van der Waals surface area (Å²) < 4.78 is 7.22. The van der Waals surface area contributed by atoms with Crippen molar-refractivity contribution in [1.82, 2.24) is 24.7 Å². The Kier molecular flexibility index (Phi) is 7.21. The number of carbonyl (C=O) groups is 2. The normalized spacial score (nSPS) is 17.1. The second-order valence-corrected chi connectivity index (χ2v) is 10.1. The van der Waals surface area contributed by atoms with E-state index >= 15 is 0 Å². The van der Waals surface area contributed by atoms with Crippen LogP contribution in [0.4, 0.5) is 4.79 Å². The number of amides is 2. The SMILES string of the molecule is CC(C)(C)OC(=O)N1CCN(CCNC(=O)CCc2nc3ccccc3c(=O)n2C2CC2)CC1. The Labute approximate surface area is 200 Å². The van der Waals surface area contributed by atoms with Gasteiger partial charge in [0.1, 0.15) is 11.4 Å². The molecule has 2 heterocycles. The highest BCUT2D eigenvalue weighted by Gasteiger charge is 2.28. The molecule has 184 valence electrons. The maximum Gasteiger partial charge on any atom is 0.410 e. The van der Waals surface area contributed by atoms with E-state index in [1.54, 1.807) is 9.47 Å². The van der Waals surface area contributed by atoms with Crippen LogP contribution in [0.1, 0.15) is 51.9 Å². The van der Waals surface area contributed by atoms with Gasteiger partial charge in [-0.05, 0) is 45.7 Å². The molecule has 2 aliphatic rings. The van der Waals surface area contributed by atoms with Crippen molar-refractivity contribution in [1.29, 1.82) is 0 Å². The standard InChI is InChI=1S/C25H35N5O4/c1-25(2,3)34-24(33)29-16-14-28(15-17-29)13-12-26-22(31)11-10-21-27-20-7-5-4-6-19(20)23(32)30(21)18-8-9-18/h4-7,18H,8-17H2,1-3H3,(H,26,31). The lowest BCUT2D eigenvalue weighted by atomic mass is 10.2. The van der Waals surface area contributed by atoms with Gasteiger partial charge in [-0.1, -0.05) is 12.1 Å². The third-order valence-electron chi connectivity index (χ3n) is 6.14. The number of nitrogens with zero attached hydrogens (tertiary/aromatic N) is 4. The molecule has 1 N–H and O–H groups in total. The molecule has 2 aromatic rings. The number of piperazine rings is 1. The molecular formula is C25H35N5O4. The molecular weight excluding hydrogens is 434 g/mol. The summed E-state index contributed by atoms with van der Waals surface area (Å²) in [5, 5.41) is 3.61. The number of nitrogens with one attached hydrogen (secondary N) is 1. The van der Waals surface area contributed by atoms with E-state index in [4.69, 9.17) is 9.72 Å². The van der Waals surface area contributed by atoms with Gasteiger partial charge < -0.3 is 15.0 Å². The summed E-state index contributed by atoms with van der Waals surface area (Å²) in [5.41, 5.74) is 0.188. The Morgan fingerprint density at radius 1 is 1.12 bits per heavy atom. The summed E-state index contributed by atoms with van der Waals surface area (Å²) in [7, 11) is 0. The predicted octanol–water partition coefficient (Wildman–Crippen LogP) is 2.33. The fourth-order valence-electron chi connectivity index (χ4n) is 4.23. The third-order valence-corrected chi connectivity index (χ3v) is 6.14. The Bertz CT molecular complexity index is 1090. The molecule has 4 rings (SSSR count). The van der Waals surface area contributed by atoms with Crippen molar-refractivity contribution < 1.29 is 14.3 Å². The first-order valence-corrected chi connectivity index (χ1v) is 12.2. The Morgan fingerprint density at radius 3 is 2.50 bits per heavy atom. The van der Waals surface area contributed by atoms with Crippen LogP contribution in [-0.2, 0) is 16.0 Å². The summed E-state index contributed by atoms with van der Waals surface area (Å²) in [6, 6.07) is 7.60. The number of para-hydroxylation sites is 1. The van der Waals surface area contributed by atoms with Gasteiger partial charge in [-0.25, -0.2) is 9.78 Å². The van der Waals surface area contributed by atoms with Crippen LogP contribution in [-0.4, -0.2) is 76.2 Å². The average Bonchev–Trinajstić information content (AvgIpc) is 3.62. The first kappa shape index (κ1) is 24.2. The van der Waals surface area contributed by atoms with Crippen molar-refractivity contribution in [3.05, 3.63) is 40.4 Å². The van der Waals surface area contributed by atoms with E-state index in [0.29, 0.717) is 49.2 Å². The van der Waals surface area contributed by atoms with Crippen LogP contribution in [0, 0.1) is 0 Å². The molecule has 0 unspecified atom stereocenters. The van der Waals surface area contributed by atoms with Gasteiger partial charge in [0.15, 0.2) is 0 Å². The van der Waals surface area contributed by atoms with Crippen molar-refractivity contribution in [2.75, 3.05) is 39.3 Å². The van der Waals surface area contributed by atoms with Crippen molar-refractivity contribution in [3.8, 4) is 0 Å². The van der Waals surface area contributed by atoms with Gasteiger partial charge in [-0.3, -0.25) is 19.1 Å². The largest absolute Gasteiger partial charge is 0.444 e. The van der Waals surface area contributed by atoms with Gasteiger partial charge in [0.05, 0.1) is 10.9 Å². The van der Waals surface area contributed by atoms with Crippen molar-refractivity contribution >= 4 is 22.9 Å². The molecule has 1 aliphatic heterocycles. The molecule has 0 spiro atoms. The zero-order chi connectivity index (χ0) is 24.3. The summed E-state index contributed by atoms with van der Waals surface area (Å²) in [4.78, 5) is 46.2. The van der Waals surface area contributed by atoms with Crippen LogP contribution in [0.2, 0.25) is 0 Å². The van der Waals surface area contributed by atoms with Crippen LogP contribution in [0.15, 0.2) is 29.1 Å². The number of benzene rings is 1. The average molecular weight is 470 g/mol. The van der Waals surface area contributed by atoms with Crippen molar-refractivity contribution in [3.63, 3.8) is 0 Å². The van der Waals surface area contributed by atoms with Crippen molar-refractivity contribution in [2.24, 2.45) is 0 Å². The van der Waals surface area contributed by atoms with Gasteiger partial charge in [-0.2, -0.15) is 0 Å². The van der Waals surface area contributed by atoms with Crippen LogP contribution in [0.25, 0.3) is 10.9 Å². The lowest BCUT2D eigenvalue weighted by Crippen LogP contribution is -2.51. The predicted molar refractivity (Wildman–Crippen MR) is 130 cm³/mol. The molecule has 9 heteroatoms. The van der Waals surface area contributed by atoms with Crippen LogP contribution >= 0.6 is 0 Å². The number of aromatic nitrogens is 2. The molecule has 1 aliphatic carbocycles. The van der Waals surface area contributed by atoms with E-state index in [0.717, 1.165) is 32.5 Å². The van der Waals surface area contributed by atoms with Gasteiger partial charge >= 0.3 is 6.09 Å². The number of ether oxygens (including phenoxy) is 1. The first-order chi connectivity index (χ1) is 16.2. The molecule has 0 radical (unpaired) electrons. The monoisotopic (exact) mass is 469 g/mol. The van der Waals surface area contributed by atoms with Gasteiger partial charge in [0, 0.05) is 58.2 Å². The summed E-state index contributed by atoms with van der Waals surface area (Å²) in [6.45, 7) is 9.62. The summed E-state index contributed by atoms with van der Waals surface area (Å²) >= 11 is 0. The molecule has 1 saturated carbocycles. The van der Waals surface area contributed by atoms with Gasteiger partial charge in [0.2, 0.25) is 5.91 Å². The number of hydrogen-bond acceptors (Lipinski definition) is 6. The second-order valence-electron chi connectivity index (χ2n) is 10.1. The Morgan fingerprint density at radius 2 is 1.82 bits per heavy atom. The minimum absolute atomic E-state index is 0.00553. The molecule has 1 aromatic heterocycles. The summed E-state index contributed by atoms with van der Waals surface area (Å²) in [5.74, 6) is 0.650. The molecule has 0 bridgehead atoms. The zero-order valence-electron chi connectivity index (χ0n) is 20.4. The smallest absolute Gasteiger partial charge is 0.410 e. The first-order valence-electron chi connectivity index (χ1n) is 12.2. The van der Waals surface area contributed by atoms with Crippen LogP contribution < -0.4 is 10.9 Å². The van der Waals surface area contributed by atoms with Crippen LogP contribution in [0.3, 0.4) is 0 Å². The van der Waals surface area contributed by atoms with Gasteiger partial charge in [0.25, 0.3) is 5.56 Å². The highest BCUT2D eigenvalue weighted by Crippen LogP contribution is 2.34. The zero-order valence-corrected chi connectivity index (χ0v) is 20.4. The lowest BCUT2D eigenvalue weighted by Gasteiger charge is -2.35. The van der Waals surface area contributed by atoms with E-state index in [-0.39, 0.29) is 23.6 Å². The van der Waals surface area contributed by atoms with E-state index in [1.165, 1.54) is 0 Å².